The molecule has 8 nitrogen and oxygen atoms in total. The summed E-state index contributed by atoms with van der Waals surface area (Å²) in [5, 5.41) is 21.5. The third-order valence-electron chi connectivity index (χ3n) is 4.44. The van der Waals surface area contributed by atoms with Crippen LogP contribution < -0.4 is 10.9 Å². The third kappa shape index (κ3) is 3.57. The molecule has 2 aromatic heterocycles. The van der Waals surface area contributed by atoms with Crippen LogP contribution in [0.3, 0.4) is 0 Å². The van der Waals surface area contributed by atoms with Gasteiger partial charge in [-0.3, -0.25) is 9.59 Å². The van der Waals surface area contributed by atoms with Gasteiger partial charge in [0.15, 0.2) is 0 Å². The van der Waals surface area contributed by atoms with Gasteiger partial charge in [-0.25, -0.2) is 9.97 Å². The number of hydrogen-bond acceptors (Lipinski definition) is 6. The van der Waals surface area contributed by atoms with E-state index in [1.54, 1.807) is 32.0 Å². The average molecular weight is 376 g/mol. The van der Waals surface area contributed by atoms with Crippen molar-refractivity contribution in [1.29, 1.82) is 10.5 Å². The Morgan fingerprint density at radius 1 is 1.29 bits per heavy atom. The van der Waals surface area contributed by atoms with Gasteiger partial charge in [0.25, 0.3) is 5.56 Å². The summed E-state index contributed by atoms with van der Waals surface area (Å²) >= 11 is 0. The van der Waals surface area contributed by atoms with Crippen molar-refractivity contribution in [3.63, 3.8) is 0 Å². The molecule has 3 rings (SSSR count). The highest BCUT2D eigenvalue weighted by Gasteiger charge is 2.17. The second-order valence-electron chi connectivity index (χ2n) is 6.31. The summed E-state index contributed by atoms with van der Waals surface area (Å²) in [5.41, 5.74) is 1.87. The van der Waals surface area contributed by atoms with E-state index in [4.69, 9.17) is 5.26 Å². The van der Waals surface area contributed by atoms with Crippen molar-refractivity contribution in [2.24, 2.45) is 0 Å². The van der Waals surface area contributed by atoms with E-state index in [0.29, 0.717) is 39.0 Å². The van der Waals surface area contributed by atoms with Gasteiger partial charge in [-0.2, -0.15) is 10.5 Å². The maximum atomic E-state index is 12.5. The van der Waals surface area contributed by atoms with Crippen LogP contribution in [0.15, 0.2) is 35.4 Å². The lowest BCUT2D eigenvalue weighted by Crippen LogP contribution is -2.31. The van der Waals surface area contributed by atoms with Crippen LogP contribution in [0.2, 0.25) is 0 Å². The highest BCUT2D eigenvalue weighted by molar-refractivity contribution is 5.90. The minimum Gasteiger partial charge on any atom is -0.346 e. The van der Waals surface area contributed by atoms with Crippen molar-refractivity contribution >= 4 is 16.8 Å². The van der Waals surface area contributed by atoms with Crippen LogP contribution in [0.25, 0.3) is 10.9 Å². The smallest absolute Gasteiger partial charge is 0.252 e. The highest BCUT2D eigenvalue weighted by atomic mass is 16.2. The number of amides is 1. The number of hydrogen-bond donors (Lipinski definition) is 2. The SMILES string of the molecule is Cc1c(CC(=O)N[C@@H](C)c2ncc(C#N)cn2)c(=O)[nH]c2cccc(C#N)c12.[HH].[HH]. The highest BCUT2D eigenvalue weighted by Crippen LogP contribution is 2.21. The van der Waals surface area contributed by atoms with E-state index in [9.17, 15) is 14.9 Å². The van der Waals surface area contributed by atoms with Crippen LogP contribution in [-0.2, 0) is 11.2 Å². The van der Waals surface area contributed by atoms with E-state index in [1.165, 1.54) is 12.4 Å². The Bertz CT molecular complexity index is 1210. The van der Waals surface area contributed by atoms with Gasteiger partial charge in [-0.05, 0) is 31.5 Å². The number of H-pyrrole nitrogens is 1. The minimum absolute atomic E-state index is 0. The largest absolute Gasteiger partial charge is 0.346 e. The number of aromatic nitrogens is 3. The van der Waals surface area contributed by atoms with Gasteiger partial charge in [0.05, 0.1) is 29.7 Å². The topological polar surface area (TPSA) is 135 Å². The zero-order valence-corrected chi connectivity index (χ0v) is 15.3. The molecular formula is C20H20N6O2. The number of pyridine rings is 1. The lowest BCUT2D eigenvalue weighted by Gasteiger charge is -2.14. The van der Waals surface area contributed by atoms with Gasteiger partial charge in [0.1, 0.15) is 11.9 Å². The number of fused-ring (bicyclic) bond motifs is 1. The summed E-state index contributed by atoms with van der Waals surface area (Å²) in [6, 6.07) is 8.64. The molecule has 1 amide bonds. The molecule has 0 unspecified atom stereocenters. The quantitative estimate of drug-likeness (QED) is 0.717. The van der Waals surface area contributed by atoms with E-state index < -0.39 is 6.04 Å². The van der Waals surface area contributed by atoms with E-state index in [0.717, 1.165) is 0 Å². The van der Waals surface area contributed by atoms with E-state index in [-0.39, 0.29) is 20.7 Å². The zero-order valence-electron chi connectivity index (χ0n) is 15.3. The summed E-state index contributed by atoms with van der Waals surface area (Å²) in [7, 11) is 0. The molecule has 0 bridgehead atoms. The van der Waals surface area contributed by atoms with Crippen LogP contribution in [0, 0.1) is 29.6 Å². The summed E-state index contributed by atoms with van der Waals surface area (Å²) < 4.78 is 0. The molecule has 0 aliphatic heterocycles. The number of aromatic amines is 1. The first-order chi connectivity index (χ1) is 13.4. The number of rotatable bonds is 4. The predicted molar refractivity (Wildman–Crippen MR) is 105 cm³/mol. The molecule has 0 spiro atoms. The molecule has 142 valence electrons. The average Bonchev–Trinajstić information content (AvgIpc) is 2.70. The molecule has 0 radical (unpaired) electrons. The summed E-state index contributed by atoms with van der Waals surface area (Å²) in [6.45, 7) is 3.44. The van der Waals surface area contributed by atoms with Gasteiger partial charge in [0.2, 0.25) is 5.91 Å². The predicted octanol–water partition coefficient (Wildman–Crippen LogP) is 2.28. The summed E-state index contributed by atoms with van der Waals surface area (Å²) in [6.07, 6.45) is 2.62. The van der Waals surface area contributed by atoms with Gasteiger partial charge < -0.3 is 10.3 Å². The Labute approximate surface area is 163 Å². The molecule has 0 fully saturated rings. The van der Waals surface area contributed by atoms with Crippen molar-refractivity contribution in [3.05, 3.63) is 69.0 Å². The Balaban J connectivity index is 0.00000225. The lowest BCUT2D eigenvalue weighted by atomic mass is 9.98. The zero-order chi connectivity index (χ0) is 20.3. The van der Waals surface area contributed by atoms with Gasteiger partial charge in [-0.15, -0.1) is 0 Å². The fourth-order valence-corrected chi connectivity index (χ4v) is 3.02. The summed E-state index contributed by atoms with van der Waals surface area (Å²) in [5.74, 6) is -0.00823. The molecular weight excluding hydrogens is 356 g/mol. The van der Waals surface area contributed by atoms with Gasteiger partial charge >= 0.3 is 0 Å². The number of nitrogens with zero attached hydrogens (tertiary/aromatic N) is 4. The van der Waals surface area contributed by atoms with Crippen LogP contribution in [0.5, 0.6) is 0 Å². The van der Waals surface area contributed by atoms with Crippen LogP contribution in [-0.4, -0.2) is 20.9 Å². The standard InChI is InChI=1S/C20H16N6O2.2H2/c1-11-15(20(28)26-16-5-3-4-14(8-22)18(11)16)6-17(27)25-12(2)19-23-9-13(7-21)10-24-19;;/h3-5,9-10,12H,6H2,1-2H3,(H,25,27)(H,26,28);2*1H/t12-;;/m0../s1. The van der Waals surface area contributed by atoms with Gasteiger partial charge in [-0.1, -0.05) is 6.07 Å². The second-order valence-corrected chi connectivity index (χ2v) is 6.31. The first-order valence-corrected chi connectivity index (χ1v) is 8.50. The number of aryl methyl sites for hydroxylation is 1. The first kappa shape index (κ1) is 18.7. The fraction of sp³-hybridized carbons (Fsp3) is 0.200. The Kier molecular flexibility index (Phi) is 5.14. The molecule has 1 aromatic carbocycles. The molecule has 0 saturated heterocycles. The Morgan fingerprint density at radius 2 is 2.00 bits per heavy atom. The minimum atomic E-state index is -0.491. The summed E-state index contributed by atoms with van der Waals surface area (Å²) in [4.78, 5) is 35.8. The number of nitriles is 2. The first-order valence-electron chi connectivity index (χ1n) is 8.50. The molecule has 0 saturated carbocycles. The number of carbonyl (C=O) groups is 1. The van der Waals surface area contributed by atoms with Gasteiger partial charge in [0, 0.05) is 31.7 Å². The maximum absolute atomic E-state index is 12.5. The second kappa shape index (κ2) is 7.68. The van der Waals surface area contributed by atoms with Crippen molar-refractivity contribution in [1.82, 2.24) is 20.3 Å². The molecule has 2 heterocycles. The van der Waals surface area contributed by atoms with E-state index >= 15 is 0 Å². The Hall–Kier alpha value is -4.04. The number of carbonyl (C=O) groups excluding carboxylic acids is 1. The number of nitrogens with one attached hydrogen (secondary N) is 2. The molecule has 0 aliphatic rings. The molecule has 8 heteroatoms. The van der Waals surface area contributed by atoms with Crippen molar-refractivity contribution in [3.8, 4) is 12.1 Å². The molecule has 28 heavy (non-hydrogen) atoms. The normalized spacial score (nSPS) is 11.4. The molecule has 1 atom stereocenters. The monoisotopic (exact) mass is 376 g/mol. The fourth-order valence-electron chi connectivity index (χ4n) is 3.02. The van der Waals surface area contributed by atoms with Crippen molar-refractivity contribution in [2.75, 3.05) is 0 Å². The lowest BCUT2D eigenvalue weighted by molar-refractivity contribution is -0.121. The Morgan fingerprint density at radius 3 is 2.64 bits per heavy atom. The van der Waals surface area contributed by atoms with Crippen molar-refractivity contribution in [2.45, 2.75) is 26.3 Å². The van der Waals surface area contributed by atoms with E-state index in [1.807, 2.05) is 6.07 Å². The van der Waals surface area contributed by atoms with E-state index in [2.05, 4.69) is 26.3 Å². The molecule has 2 N–H and O–H groups in total. The third-order valence-corrected chi connectivity index (χ3v) is 4.44. The van der Waals surface area contributed by atoms with Crippen LogP contribution in [0.1, 0.15) is 43.9 Å². The van der Waals surface area contributed by atoms with Crippen molar-refractivity contribution < 1.29 is 7.65 Å². The molecule has 3 aromatic rings. The van der Waals surface area contributed by atoms with Crippen LogP contribution >= 0.6 is 0 Å². The van der Waals surface area contributed by atoms with Crippen LogP contribution in [0.4, 0.5) is 0 Å². The maximum Gasteiger partial charge on any atom is 0.252 e. The number of benzene rings is 1. The molecule has 0 aliphatic carbocycles.